The van der Waals surface area contributed by atoms with Gasteiger partial charge in [-0.3, -0.25) is 14.5 Å². The van der Waals surface area contributed by atoms with Crippen LogP contribution in [0.4, 0.5) is 5.69 Å². The molecule has 2 aliphatic heterocycles. The lowest BCUT2D eigenvalue weighted by Crippen LogP contribution is -2.47. The van der Waals surface area contributed by atoms with Gasteiger partial charge in [-0.2, -0.15) is 0 Å². The summed E-state index contributed by atoms with van der Waals surface area (Å²) in [5.74, 6) is 0.625. The van der Waals surface area contributed by atoms with E-state index in [0.717, 1.165) is 16.9 Å². The van der Waals surface area contributed by atoms with Crippen LogP contribution in [0.25, 0.3) is 0 Å². The minimum absolute atomic E-state index is 0.0692. The van der Waals surface area contributed by atoms with Crippen LogP contribution in [0.2, 0.25) is 0 Å². The Morgan fingerprint density at radius 2 is 1.50 bits per heavy atom. The monoisotopic (exact) mass is 370 g/mol. The van der Waals surface area contributed by atoms with Gasteiger partial charge in [0, 0.05) is 17.7 Å². The minimum atomic E-state index is -0.437. The van der Waals surface area contributed by atoms with Crippen molar-refractivity contribution < 1.29 is 14.3 Å². The number of nitrogens with zero attached hydrogens (tertiary/aromatic N) is 2. The van der Waals surface area contributed by atoms with Gasteiger partial charge in [-0.05, 0) is 35.9 Å². The molecule has 2 amide bonds. The fourth-order valence-electron chi connectivity index (χ4n) is 4.06. The van der Waals surface area contributed by atoms with Crippen molar-refractivity contribution in [2.45, 2.75) is 12.7 Å². The average molecular weight is 370 g/mol. The lowest BCUT2D eigenvalue weighted by Gasteiger charge is -2.41. The first-order valence-electron chi connectivity index (χ1n) is 9.14. The summed E-state index contributed by atoms with van der Waals surface area (Å²) in [6.45, 7) is 0.403. The third kappa shape index (κ3) is 2.33. The van der Waals surface area contributed by atoms with Gasteiger partial charge in [-0.1, -0.05) is 42.5 Å². The van der Waals surface area contributed by atoms with E-state index < -0.39 is 6.17 Å². The van der Waals surface area contributed by atoms with Crippen LogP contribution in [0, 0.1) is 0 Å². The molecule has 2 aliphatic rings. The second kappa shape index (κ2) is 6.23. The molecule has 138 valence electrons. The summed E-state index contributed by atoms with van der Waals surface area (Å²) < 4.78 is 5.22. The maximum absolute atomic E-state index is 13.4. The summed E-state index contributed by atoms with van der Waals surface area (Å²) in [7, 11) is 1.62. The Balaban J connectivity index is 1.63. The highest BCUT2D eigenvalue weighted by atomic mass is 16.5. The number of methoxy groups -OCH3 is 1. The lowest BCUT2D eigenvalue weighted by molar-refractivity contribution is 0.0629. The molecule has 5 nitrogen and oxygen atoms in total. The van der Waals surface area contributed by atoms with Crippen LogP contribution in [-0.4, -0.2) is 23.8 Å². The number of benzene rings is 3. The van der Waals surface area contributed by atoms with Gasteiger partial charge in [0.2, 0.25) is 0 Å². The number of hydrogen-bond donors (Lipinski definition) is 0. The Morgan fingerprint density at radius 3 is 2.25 bits per heavy atom. The molecule has 28 heavy (non-hydrogen) atoms. The SMILES string of the molecule is COc1ccc(CN2C(=O)c3ccccc3N3C(=O)c4ccccc4C23)cc1. The third-order valence-corrected chi connectivity index (χ3v) is 5.39. The number of rotatable bonds is 3. The Morgan fingerprint density at radius 1 is 0.821 bits per heavy atom. The fourth-order valence-corrected chi connectivity index (χ4v) is 4.06. The number of carbonyl (C=O) groups is 2. The molecule has 0 aliphatic carbocycles. The van der Waals surface area contributed by atoms with E-state index in [4.69, 9.17) is 4.74 Å². The van der Waals surface area contributed by atoms with E-state index in [1.165, 1.54) is 0 Å². The van der Waals surface area contributed by atoms with Gasteiger partial charge in [-0.15, -0.1) is 0 Å². The number of amides is 2. The number of carbonyl (C=O) groups excluding carboxylic acids is 2. The van der Waals surface area contributed by atoms with Crippen LogP contribution in [0.3, 0.4) is 0 Å². The summed E-state index contributed by atoms with van der Waals surface area (Å²) in [6, 6.07) is 22.5. The van der Waals surface area contributed by atoms with E-state index in [1.807, 2.05) is 66.7 Å². The summed E-state index contributed by atoms with van der Waals surface area (Å²) in [5.41, 5.74) is 3.71. The van der Waals surface area contributed by atoms with E-state index in [9.17, 15) is 9.59 Å². The molecule has 1 unspecified atom stereocenters. The summed E-state index contributed by atoms with van der Waals surface area (Å²) in [6.07, 6.45) is -0.437. The fraction of sp³-hybridized carbons (Fsp3) is 0.130. The molecule has 5 rings (SSSR count). The van der Waals surface area contributed by atoms with Crippen molar-refractivity contribution in [2.75, 3.05) is 12.0 Å². The van der Waals surface area contributed by atoms with Crippen LogP contribution in [0.1, 0.15) is 38.0 Å². The Kier molecular flexibility index (Phi) is 3.69. The van der Waals surface area contributed by atoms with Crippen LogP contribution >= 0.6 is 0 Å². The van der Waals surface area contributed by atoms with Gasteiger partial charge in [0.05, 0.1) is 18.4 Å². The number of ether oxygens (including phenoxy) is 1. The van der Waals surface area contributed by atoms with Crippen molar-refractivity contribution in [1.29, 1.82) is 0 Å². The van der Waals surface area contributed by atoms with Crippen molar-refractivity contribution in [3.05, 3.63) is 95.1 Å². The molecular weight excluding hydrogens is 352 g/mol. The maximum atomic E-state index is 13.4. The van der Waals surface area contributed by atoms with Crippen LogP contribution in [0.15, 0.2) is 72.8 Å². The predicted molar refractivity (Wildman–Crippen MR) is 105 cm³/mol. The third-order valence-electron chi connectivity index (χ3n) is 5.39. The number of fused-ring (bicyclic) bond motifs is 5. The first-order valence-corrected chi connectivity index (χ1v) is 9.14. The molecule has 3 aromatic carbocycles. The van der Waals surface area contributed by atoms with Crippen molar-refractivity contribution in [2.24, 2.45) is 0 Å². The smallest absolute Gasteiger partial charge is 0.260 e. The zero-order valence-electron chi connectivity index (χ0n) is 15.3. The zero-order valence-corrected chi connectivity index (χ0v) is 15.3. The minimum Gasteiger partial charge on any atom is -0.497 e. The molecule has 0 aromatic heterocycles. The molecule has 1 atom stereocenters. The molecule has 2 heterocycles. The van der Waals surface area contributed by atoms with Gasteiger partial charge >= 0.3 is 0 Å². The molecular formula is C23H18N2O3. The number of para-hydroxylation sites is 1. The van der Waals surface area contributed by atoms with Crippen LogP contribution in [0.5, 0.6) is 5.75 Å². The molecule has 0 spiro atoms. The molecule has 0 fully saturated rings. The largest absolute Gasteiger partial charge is 0.497 e. The molecule has 5 heteroatoms. The van der Waals surface area contributed by atoms with Crippen LogP contribution in [-0.2, 0) is 6.54 Å². The van der Waals surface area contributed by atoms with Gasteiger partial charge in [0.15, 0.2) is 0 Å². The van der Waals surface area contributed by atoms with E-state index in [0.29, 0.717) is 23.4 Å². The molecule has 0 saturated carbocycles. The van der Waals surface area contributed by atoms with Crippen LogP contribution < -0.4 is 9.64 Å². The summed E-state index contributed by atoms with van der Waals surface area (Å²) >= 11 is 0. The highest BCUT2D eigenvalue weighted by Gasteiger charge is 2.47. The topological polar surface area (TPSA) is 49.9 Å². The van der Waals surface area contributed by atoms with E-state index in [2.05, 4.69) is 0 Å². The first-order chi connectivity index (χ1) is 13.7. The summed E-state index contributed by atoms with van der Waals surface area (Å²) in [4.78, 5) is 30.0. The zero-order chi connectivity index (χ0) is 19.3. The van der Waals surface area contributed by atoms with E-state index in [1.54, 1.807) is 23.0 Å². The number of anilines is 1. The molecule has 0 bridgehead atoms. The number of hydrogen-bond acceptors (Lipinski definition) is 3. The van der Waals surface area contributed by atoms with E-state index in [-0.39, 0.29) is 11.8 Å². The molecule has 0 radical (unpaired) electrons. The highest BCUT2D eigenvalue weighted by molar-refractivity contribution is 6.16. The average Bonchev–Trinajstić information content (AvgIpc) is 3.04. The molecule has 3 aromatic rings. The van der Waals surface area contributed by atoms with Gasteiger partial charge in [-0.25, -0.2) is 0 Å². The van der Waals surface area contributed by atoms with Crippen molar-refractivity contribution in [3.8, 4) is 5.75 Å². The van der Waals surface area contributed by atoms with Crippen molar-refractivity contribution >= 4 is 17.5 Å². The van der Waals surface area contributed by atoms with E-state index >= 15 is 0 Å². The Hall–Kier alpha value is -3.60. The molecule has 0 saturated heterocycles. The Bertz CT molecular complexity index is 1090. The van der Waals surface area contributed by atoms with Gasteiger partial charge < -0.3 is 9.64 Å². The lowest BCUT2D eigenvalue weighted by atomic mass is 10.0. The van der Waals surface area contributed by atoms with Crippen molar-refractivity contribution in [3.63, 3.8) is 0 Å². The highest BCUT2D eigenvalue weighted by Crippen LogP contribution is 2.45. The Labute approximate surface area is 162 Å². The maximum Gasteiger partial charge on any atom is 0.260 e. The second-order valence-electron chi connectivity index (χ2n) is 6.93. The normalized spacial score (nSPS) is 17.2. The predicted octanol–water partition coefficient (Wildman–Crippen LogP) is 4.01. The summed E-state index contributed by atoms with van der Waals surface area (Å²) in [5, 5.41) is 0. The first kappa shape index (κ1) is 16.6. The molecule has 0 N–H and O–H groups in total. The van der Waals surface area contributed by atoms with Crippen molar-refractivity contribution in [1.82, 2.24) is 4.90 Å². The standard InChI is InChI=1S/C23H18N2O3/c1-28-16-12-10-15(11-13-16)14-24-21-17-6-2-3-7-18(17)23(27)25(21)20-9-5-4-8-19(20)22(24)26/h2-13,21H,14H2,1H3. The van der Waals surface area contributed by atoms with Gasteiger partial charge in [0.1, 0.15) is 11.9 Å². The van der Waals surface area contributed by atoms with Gasteiger partial charge in [0.25, 0.3) is 11.8 Å². The second-order valence-corrected chi connectivity index (χ2v) is 6.93. The quantitative estimate of drug-likeness (QED) is 0.700.